The van der Waals surface area contributed by atoms with Crippen LogP contribution in [0.25, 0.3) is 87.6 Å². The van der Waals surface area contributed by atoms with Gasteiger partial charge in [0.1, 0.15) is 11.2 Å². The van der Waals surface area contributed by atoms with Gasteiger partial charge in [0, 0.05) is 38.2 Å². The van der Waals surface area contributed by atoms with Crippen LogP contribution >= 0.6 is 0 Å². The van der Waals surface area contributed by atoms with Gasteiger partial charge in [0.2, 0.25) is 0 Å². The molecule has 0 atom stereocenters. The summed E-state index contributed by atoms with van der Waals surface area (Å²) in [7, 11) is 0. The normalized spacial score (nSPS) is 11.6. The number of hydrogen-bond acceptors (Lipinski definition) is 2. The summed E-state index contributed by atoms with van der Waals surface area (Å²) in [4.78, 5) is 2.47. The van der Waals surface area contributed by atoms with Crippen LogP contribution in [0.1, 0.15) is 0 Å². The molecular weight excluding hydrogens is 679 g/mol. The van der Waals surface area contributed by atoms with E-state index in [2.05, 4.69) is 217 Å². The zero-order chi connectivity index (χ0) is 37.0. The molecule has 11 aromatic rings. The third-order valence-electron chi connectivity index (χ3n) is 11.3. The van der Waals surface area contributed by atoms with Crippen molar-refractivity contribution in [2.24, 2.45) is 0 Å². The summed E-state index contributed by atoms with van der Waals surface area (Å²) in [5.74, 6) is 0. The summed E-state index contributed by atoms with van der Waals surface area (Å²) in [6, 6.07) is 76.5. The zero-order valence-electron chi connectivity index (χ0n) is 30.6. The van der Waals surface area contributed by atoms with E-state index in [4.69, 9.17) is 4.42 Å². The minimum Gasteiger partial charge on any atom is -0.455 e. The standard InChI is InChI=1S/C54H35NO/c1-3-15-36(16-4-1)40-31-34-52(49(35-40)37-17-5-2-6-18-37)55(51-28-14-24-43-41-21-9-7-19-38(41)29-32-45(43)51)50-27-12-11-23-44(50)46-25-13-26-47-48-33-30-39-20-8-10-22-42(39)53(48)56-54(46)47/h1-35H. The first kappa shape index (κ1) is 32.0. The van der Waals surface area contributed by atoms with Gasteiger partial charge in [0.15, 0.2) is 0 Å². The lowest BCUT2D eigenvalue weighted by Gasteiger charge is -2.31. The highest BCUT2D eigenvalue weighted by Crippen LogP contribution is 2.49. The number of furan rings is 1. The van der Waals surface area contributed by atoms with Crippen LogP contribution in [0.2, 0.25) is 0 Å². The summed E-state index contributed by atoms with van der Waals surface area (Å²) >= 11 is 0. The van der Waals surface area contributed by atoms with Crippen molar-refractivity contribution >= 4 is 71.3 Å². The second kappa shape index (κ2) is 13.2. The molecule has 10 aromatic carbocycles. The van der Waals surface area contributed by atoms with Gasteiger partial charge in [-0.05, 0) is 68.6 Å². The van der Waals surface area contributed by atoms with Gasteiger partial charge in [0.25, 0.3) is 0 Å². The fourth-order valence-corrected chi connectivity index (χ4v) is 8.63. The molecule has 2 nitrogen and oxygen atoms in total. The maximum atomic E-state index is 6.96. The summed E-state index contributed by atoms with van der Waals surface area (Å²) < 4.78 is 6.96. The maximum Gasteiger partial charge on any atom is 0.143 e. The molecule has 0 aliphatic carbocycles. The molecule has 0 unspecified atom stereocenters. The van der Waals surface area contributed by atoms with Crippen LogP contribution in [0.4, 0.5) is 17.1 Å². The van der Waals surface area contributed by atoms with E-state index in [1.54, 1.807) is 0 Å². The van der Waals surface area contributed by atoms with Crippen molar-refractivity contribution in [3.05, 3.63) is 212 Å². The first-order chi connectivity index (χ1) is 27.8. The van der Waals surface area contributed by atoms with Crippen LogP contribution in [0, 0.1) is 0 Å². The highest BCUT2D eigenvalue weighted by atomic mass is 16.3. The molecule has 56 heavy (non-hydrogen) atoms. The number of benzene rings is 10. The highest BCUT2D eigenvalue weighted by molar-refractivity contribution is 6.18. The minimum absolute atomic E-state index is 0.887. The molecule has 11 rings (SSSR count). The van der Waals surface area contributed by atoms with Gasteiger partial charge in [-0.3, -0.25) is 0 Å². The summed E-state index contributed by atoms with van der Waals surface area (Å²) in [5.41, 5.74) is 11.9. The molecule has 0 N–H and O–H groups in total. The van der Waals surface area contributed by atoms with Gasteiger partial charge in [-0.25, -0.2) is 0 Å². The molecule has 262 valence electrons. The molecule has 0 saturated heterocycles. The average molecular weight is 714 g/mol. The summed E-state index contributed by atoms with van der Waals surface area (Å²) in [5, 5.41) is 9.39. The fraction of sp³-hybridized carbons (Fsp3) is 0. The summed E-state index contributed by atoms with van der Waals surface area (Å²) in [6.45, 7) is 0. The predicted molar refractivity (Wildman–Crippen MR) is 237 cm³/mol. The molecular formula is C54H35NO. The molecule has 1 heterocycles. The predicted octanol–water partition coefficient (Wildman–Crippen LogP) is 15.5. The lowest BCUT2D eigenvalue weighted by Crippen LogP contribution is -2.13. The second-order valence-corrected chi connectivity index (χ2v) is 14.4. The number of fused-ring (bicyclic) bond motifs is 8. The van der Waals surface area contributed by atoms with Crippen LogP contribution in [-0.2, 0) is 0 Å². The topological polar surface area (TPSA) is 16.4 Å². The Morgan fingerprint density at radius 3 is 1.64 bits per heavy atom. The number of hydrogen-bond donors (Lipinski definition) is 0. The fourth-order valence-electron chi connectivity index (χ4n) is 8.63. The largest absolute Gasteiger partial charge is 0.455 e. The van der Waals surface area contributed by atoms with E-state index in [9.17, 15) is 0 Å². The van der Waals surface area contributed by atoms with Crippen LogP contribution in [0.5, 0.6) is 0 Å². The Labute approximate surface area is 325 Å². The Morgan fingerprint density at radius 2 is 0.821 bits per heavy atom. The molecule has 0 bridgehead atoms. The number of para-hydroxylation sites is 2. The number of anilines is 3. The number of nitrogens with zero attached hydrogens (tertiary/aromatic N) is 1. The Hall–Kier alpha value is -7.42. The Balaban J connectivity index is 1.22. The smallest absolute Gasteiger partial charge is 0.143 e. The first-order valence-corrected chi connectivity index (χ1v) is 19.2. The maximum absolute atomic E-state index is 6.96. The summed E-state index contributed by atoms with van der Waals surface area (Å²) in [6.07, 6.45) is 0. The van der Waals surface area contributed by atoms with Gasteiger partial charge >= 0.3 is 0 Å². The van der Waals surface area contributed by atoms with Crippen molar-refractivity contribution in [1.82, 2.24) is 0 Å². The molecule has 2 heteroatoms. The van der Waals surface area contributed by atoms with Gasteiger partial charge in [-0.15, -0.1) is 0 Å². The quantitative estimate of drug-likeness (QED) is 0.160. The molecule has 0 fully saturated rings. The monoisotopic (exact) mass is 713 g/mol. The molecule has 0 aliphatic rings. The zero-order valence-corrected chi connectivity index (χ0v) is 30.6. The van der Waals surface area contributed by atoms with Crippen LogP contribution in [0.3, 0.4) is 0 Å². The third kappa shape index (κ3) is 5.19. The second-order valence-electron chi connectivity index (χ2n) is 14.4. The van der Waals surface area contributed by atoms with E-state index in [-0.39, 0.29) is 0 Å². The van der Waals surface area contributed by atoms with Crippen LogP contribution < -0.4 is 4.90 Å². The van der Waals surface area contributed by atoms with E-state index in [1.807, 2.05) is 0 Å². The lowest BCUT2D eigenvalue weighted by molar-refractivity contribution is 0.674. The van der Waals surface area contributed by atoms with Gasteiger partial charge in [-0.2, -0.15) is 0 Å². The first-order valence-electron chi connectivity index (χ1n) is 19.2. The molecule has 0 amide bonds. The highest BCUT2D eigenvalue weighted by Gasteiger charge is 2.25. The molecule has 0 radical (unpaired) electrons. The Bertz CT molecular complexity index is 3250. The van der Waals surface area contributed by atoms with Crippen molar-refractivity contribution in [3.8, 4) is 33.4 Å². The van der Waals surface area contributed by atoms with Crippen molar-refractivity contribution in [2.45, 2.75) is 0 Å². The SMILES string of the molecule is c1ccc(-c2ccc(N(c3ccccc3-c3cccc4c3oc3c5ccccc5ccc43)c3cccc4c3ccc3ccccc34)c(-c3ccccc3)c2)cc1. The molecule has 1 aromatic heterocycles. The van der Waals surface area contributed by atoms with Crippen LogP contribution in [0.15, 0.2) is 217 Å². The van der Waals surface area contributed by atoms with E-state index in [0.29, 0.717) is 0 Å². The molecule has 0 spiro atoms. The van der Waals surface area contributed by atoms with E-state index in [1.165, 1.54) is 38.1 Å². The van der Waals surface area contributed by atoms with E-state index < -0.39 is 0 Å². The lowest BCUT2D eigenvalue weighted by atomic mass is 9.94. The van der Waals surface area contributed by atoms with Gasteiger partial charge < -0.3 is 9.32 Å². The van der Waals surface area contributed by atoms with Crippen LogP contribution in [-0.4, -0.2) is 0 Å². The molecule has 0 saturated carbocycles. The van der Waals surface area contributed by atoms with E-state index >= 15 is 0 Å². The van der Waals surface area contributed by atoms with Gasteiger partial charge in [-0.1, -0.05) is 182 Å². The molecule has 0 aliphatic heterocycles. The van der Waals surface area contributed by atoms with E-state index in [0.717, 1.165) is 66.6 Å². The van der Waals surface area contributed by atoms with Crippen molar-refractivity contribution in [1.29, 1.82) is 0 Å². The van der Waals surface area contributed by atoms with Crippen molar-refractivity contribution in [3.63, 3.8) is 0 Å². The van der Waals surface area contributed by atoms with Crippen molar-refractivity contribution in [2.75, 3.05) is 4.90 Å². The van der Waals surface area contributed by atoms with Crippen molar-refractivity contribution < 1.29 is 4.42 Å². The number of rotatable bonds is 6. The van der Waals surface area contributed by atoms with Gasteiger partial charge in [0.05, 0.1) is 17.1 Å². The minimum atomic E-state index is 0.887. The average Bonchev–Trinajstić information content (AvgIpc) is 3.67. The third-order valence-corrected chi connectivity index (χ3v) is 11.3. The Kier molecular flexibility index (Phi) is 7.53. The Morgan fingerprint density at radius 1 is 0.268 bits per heavy atom.